The van der Waals surface area contributed by atoms with Crippen LogP contribution in [0.1, 0.15) is 22.5 Å². The predicted molar refractivity (Wildman–Crippen MR) is 73.9 cm³/mol. The fraction of sp³-hybridized carbons (Fsp3) is 0.429. The van der Waals surface area contributed by atoms with Crippen molar-refractivity contribution in [2.24, 2.45) is 0 Å². The first kappa shape index (κ1) is 13.5. The summed E-state index contributed by atoms with van der Waals surface area (Å²) in [6.07, 6.45) is 4.48. The fourth-order valence-corrected chi connectivity index (χ4v) is 2.15. The lowest BCUT2D eigenvalue weighted by Gasteiger charge is -2.26. The van der Waals surface area contributed by atoms with Gasteiger partial charge in [0.1, 0.15) is 0 Å². The number of methoxy groups -OCH3 is 1. The number of aromatic nitrogens is 1. The molecule has 0 fully saturated rings. The summed E-state index contributed by atoms with van der Waals surface area (Å²) in [5, 5.41) is 0. The van der Waals surface area contributed by atoms with Gasteiger partial charge in [-0.3, -0.25) is 9.78 Å². The van der Waals surface area contributed by atoms with Gasteiger partial charge in [0.15, 0.2) is 0 Å². The molecular weight excluding hydrogens is 242 g/mol. The van der Waals surface area contributed by atoms with Crippen LogP contribution in [0.3, 0.4) is 0 Å². The Kier molecular flexibility index (Phi) is 4.16. The molecule has 0 aliphatic carbocycles. The van der Waals surface area contributed by atoms with Crippen LogP contribution in [0.15, 0.2) is 23.9 Å². The number of anilines is 1. The van der Waals surface area contributed by atoms with Crippen molar-refractivity contribution < 1.29 is 9.53 Å². The number of hydrogen-bond acceptors (Lipinski definition) is 4. The Morgan fingerprint density at radius 2 is 2.37 bits per heavy atom. The first-order chi connectivity index (χ1) is 9.11. The summed E-state index contributed by atoms with van der Waals surface area (Å²) in [6, 6.07) is 1.69. The number of hydrogen-bond donors (Lipinski definition) is 1. The van der Waals surface area contributed by atoms with Gasteiger partial charge in [-0.2, -0.15) is 0 Å². The topological polar surface area (TPSA) is 68.5 Å². The number of carbonyl (C=O) groups excluding carboxylic acids is 1. The quantitative estimate of drug-likeness (QED) is 0.835. The largest absolute Gasteiger partial charge is 0.397 e. The normalized spacial score (nSPS) is 15.3. The molecule has 1 aliphatic rings. The lowest BCUT2D eigenvalue weighted by molar-refractivity contribution is 0.0763. The van der Waals surface area contributed by atoms with Crippen molar-refractivity contribution in [3.63, 3.8) is 0 Å². The molecule has 2 rings (SSSR count). The molecule has 0 saturated carbocycles. The Morgan fingerprint density at radius 3 is 3.00 bits per heavy atom. The van der Waals surface area contributed by atoms with Crippen LogP contribution in [0.5, 0.6) is 0 Å². The van der Waals surface area contributed by atoms with Gasteiger partial charge in [0.05, 0.1) is 29.7 Å². The van der Waals surface area contributed by atoms with Crippen molar-refractivity contribution in [1.82, 2.24) is 9.88 Å². The average molecular weight is 261 g/mol. The van der Waals surface area contributed by atoms with Crippen molar-refractivity contribution >= 4 is 11.6 Å². The Morgan fingerprint density at radius 1 is 1.58 bits per heavy atom. The third-order valence-corrected chi connectivity index (χ3v) is 3.26. The van der Waals surface area contributed by atoms with Gasteiger partial charge >= 0.3 is 0 Å². The SMILES string of the molecule is COCC1=CCN(C(=O)c2cc(N)cnc2C)CC1. The summed E-state index contributed by atoms with van der Waals surface area (Å²) >= 11 is 0. The molecule has 1 aromatic heterocycles. The highest BCUT2D eigenvalue weighted by molar-refractivity contribution is 5.96. The van der Waals surface area contributed by atoms with Gasteiger partial charge in [0, 0.05) is 20.2 Å². The van der Waals surface area contributed by atoms with Crippen LogP contribution in [-0.4, -0.2) is 42.6 Å². The van der Waals surface area contributed by atoms with Crippen molar-refractivity contribution in [3.8, 4) is 0 Å². The summed E-state index contributed by atoms with van der Waals surface area (Å²) in [5.41, 5.74) is 8.75. The summed E-state index contributed by atoms with van der Waals surface area (Å²) in [6.45, 7) is 3.79. The maximum Gasteiger partial charge on any atom is 0.256 e. The summed E-state index contributed by atoms with van der Waals surface area (Å²) in [5.74, 6) is -0.00924. The maximum atomic E-state index is 12.4. The lowest BCUT2D eigenvalue weighted by atomic mass is 10.1. The van der Waals surface area contributed by atoms with E-state index in [0.717, 1.165) is 6.42 Å². The molecule has 1 amide bonds. The monoisotopic (exact) mass is 261 g/mol. The molecule has 1 aliphatic heterocycles. The first-order valence-corrected chi connectivity index (χ1v) is 6.30. The predicted octanol–water partition coefficient (Wildman–Crippen LogP) is 1.39. The minimum absolute atomic E-state index is 0.00924. The highest BCUT2D eigenvalue weighted by Gasteiger charge is 2.20. The molecule has 19 heavy (non-hydrogen) atoms. The van der Waals surface area contributed by atoms with Gasteiger partial charge in [-0.1, -0.05) is 6.08 Å². The minimum atomic E-state index is -0.00924. The van der Waals surface area contributed by atoms with E-state index in [2.05, 4.69) is 11.1 Å². The Labute approximate surface area is 113 Å². The fourth-order valence-electron chi connectivity index (χ4n) is 2.15. The van der Waals surface area contributed by atoms with Gasteiger partial charge in [-0.25, -0.2) is 0 Å². The third-order valence-electron chi connectivity index (χ3n) is 3.26. The van der Waals surface area contributed by atoms with Crippen LogP contribution in [0.2, 0.25) is 0 Å². The van der Waals surface area contributed by atoms with Gasteiger partial charge in [-0.15, -0.1) is 0 Å². The molecule has 5 heteroatoms. The van der Waals surface area contributed by atoms with Crippen LogP contribution in [0.25, 0.3) is 0 Å². The zero-order valence-corrected chi connectivity index (χ0v) is 11.3. The molecule has 0 atom stereocenters. The van der Waals surface area contributed by atoms with E-state index >= 15 is 0 Å². The average Bonchev–Trinajstić information content (AvgIpc) is 2.42. The van der Waals surface area contributed by atoms with Crippen LogP contribution in [0, 0.1) is 6.92 Å². The van der Waals surface area contributed by atoms with Crippen LogP contribution in [-0.2, 0) is 4.74 Å². The number of carbonyl (C=O) groups is 1. The number of amides is 1. The molecule has 102 valence electrons. The number of rotatable bonds is 3. The maximum absolute atomic E-state index is 12.4. The number of ether oxygens (including phenoxy) is 1. The minimum Gasteiger partial charge on any atom is -0.397 e. The zero-order valence-electron chi connectivity index (χ0n) is 11.3. The molecule has 0 unspecified atom stereocenters. The number of nitrogens with two attached hydrogens (primary N) is 1. The van der Waals surface area contributed by atoms with Crippen molar-refractivity contribution in [2.75, 3.05) is 32.5 Å². The highest BCUT2D eigenvalue weighted by atomic mass is 16.5. The van der Waals surface area contributed by atoms with E-state index in [-0.39, 0.29) is 5.91 Å². The molecule has 1 aromatic rings. The second-order valence-corrected chi connectivity index (χ2v) is 4.70. The molecular formula is C14H19N3O2. The Bertz CT molecular complexity index is 511. The molecule has 0 spiro atoms. The number of nitrogens with zero attached hydrogens (tertiary/aromatic N) is 2. The standard InChI is InChI=1S/C14H19N3O2/c1-10-13(7-12(15)8-16-10)14(18)17-5-3-11(4-6-17)9-19-2/h3,7-8H,4-6,9,15H2,1-2H3. The van der Waals surface area contributed by atoms with E-state index in [1.807, 2.05) is 11.8 Å². The van der Waals surface area contributed by atoms with E-state index in [0.29, 0.717) is 36.6 Å². The lowest BCUT2D eigenvalue weighted by Crippen LogP contribution is -2.35. The number of aryl methyl sites for hydroxylation is 1. The van der Waals surface area contributed by atoms with Gasteiger partial charge in [-0.05, 0) is 25.0 Å². The molecule has 0 aromatic carbocycles. The molecule has 0 radical (unpaired) electrons. The van der Waals surface area contributed by atoms with Gasteiger partial charge < -0.3 is 15.4 Å². The third kappa shape index (κ3) is 3.12. The van der Waals surface area contributed by atoms with Crippen molar-refractivity contribution in [3.05, 3.63) is 35.2 Å². The molecule has 0 bridgehead atoms. The van der Waals surface area contributed by atoms with E-state index in [1.165, 1.54) is 5.57 Å². The number of nitrogen functional groups attached to an aromatic ring is 1. The highest BCUT2D eigenvalue weighted by Crippen LogP contribution is 2.17. The van der Waals surface area contributed by atoms with E-state index in [4.69, 9.17) is 10.5 Å². The van der Waals surface area contributed by atoms with Gasteiger partial charge in [0.2, 0.25) is 0 Å². The smallest absolute Gasteiger partial charge is 0.256 e. The van der Waals surface area contributed by atoms with Crippen LogP contribution >= 0.6 is 0 Å². The molecule has 5 nitrogen and oxygen atoms in total. The van der Waals surface area contributed by atoms with E-state index in [9.17, 15) is 4.79 Å². The summed E-state index contributed by atoms with van der Waals surface area (Å²) in [4.78, 5) is 18.3. The summed E-state index contributed by atoms with van der Waals surface area (Å²) < 4.78 is 5.10. The Hall–Kier alpha value is -1.88. The van der Waals surface area contributed by atoms with Crippen LogP contribution in [0.4, 0.5) is 5.69 Å². The molecule has 0 saturated heterocycles. The van der Waals surface area contributed by atoms with E-state index in [1.54, 1.807) is 19.4 Å². The van der Waals surface area contributed by atoms with Crippen molar-refractivity contribution in [2.45, 2.75) is 13.3 Å². The van der Waals surface area contributed by atoms with Crippen LogP contribution < -0.4 is 5.73 Å². The molecule has 2 N–H and O–H groups in total. The first-order valence-electron chi connectivity index (χ1n) is 6.30. The van der Waals surface area contributed by atoms with E-state index < -0.39 is 0 Å². The number of pyridine rings is 1. The Balaban J connectivity index is 2.11. The molecule has 2 heterocycles. The second-order valence-electron chi connectivity index (χ2n) is 4.70. The van der Waals surface area contributed by atoms with Crippen molar-refractivity contribution in [1.29, 1.82) is 0 Å². The zero-order chi connectivity index (χ0) is 13.8. The van der Waals surface area contributed by atoms with Gasteiger partial charge in [0.25, 0.3) is 5.91 Å². The summed E-state index contributed by atoms with van der Waals surface area (Å²) in [7, 11) is 1.68. The second kappa shape index (κ2) is 5.84.